The van der Waals surface area contributed by atoms with Crippen molar-refractivity contribution in [3.63, 3.8) is 0 Å². The number of hydrogen-bond donors (Lipinski definition) is 2. The summed E-state index contributed by atoms with van der Waals surface area (Å²) >= 11 is 0. The van der Waals surface area contributed by atoms with Crippen molar-refractivity contribution >= 4 is 5.78 Å². The number of phenolic OH excluding ortho intramolecular Hbond substituents is 2. The first-order valence-corrected chi connectivity index (χ1v) is 5.56. The standard InChI is InChI=1S/C15H12O4/c1-2-19-12-6-3-10(4-7-12)15(18)13-8-5-11(16)9-14(13)17/h2-9,16-17H,1H2. The number of benzene rings is 2. The van der Waals surface area contributed by atoms with Crippen LogP contribution < -0.4 is 4.74 Å². The van der Waals surface area contributed by atoms with Gasteiger partial charge in [-0.3, -0.25) is 4.79 Å². The summed E-state index contributed by atoms with van der Waals surface area (Å²) in [5.74, 6) is -0.107. The van der Waals surface area contributed by atoms with Crippen LogP contribution >= 0.6 is 0 Å². The molecule has 0 aliphatic rings. The predicted molar refractivity (Wildman–Crippen MR) is 70.5 cm³/mol. The van der Waals surface area contributed by atoms with Crippen LogP contribution in [0.2, 0.25) is 0 Å². The highest BCUT2D eigenvalue weighted by molar-refractivity contribution is 6.10. The molecule has 19 heavy (non-hydrogen) atoms. The molecule has 96 valence electrons. The van der Waals surface area contributed by atoms with Crippen LogP contribution in [0.3, 0.4) is 0 Å². The smallest absolute Gasteiger partial charge is 0.196 e. The van der Waals surface area contributed by atoms with Crippen molar-refractivity contribution in [1.29, 1.82) is 0 Å². The summed E-state index contributed by atoms with van der Waals surface area (Å²) in [6.45, 7) is 3.44. The molecule has 0 radical (unpaired) electrons. The number of phenols is 2. The molecule has 4 heteroatoms. The first-order valence-electron chi connectivity index (χ1n) is 5.56. The molecule has 0 aliphatic carbocycles. The van der Waals surface area contributed by atoms with E-state index in [4.69, 9.17) is 4.74 Å². The van der Waals surface area contributed by atoms with Crippen molar-refractivity contribution in [3.8, 4) is 17.2 Å². The van der Waals surface area contributed by atoms with Crippen molar-refractivity contribution in [1.82, 2.24) is 0 Å². The normalized spacial score (nSPS) is 9.89. The number of ether oxygens (including phenoxy) is 1. The van der Waals surface area contributed by atoms with Crippen molar-refractivity contribution in [2.45, 2.75) is 0 Å². The lowest BCUT2D eigenvalue weighted by molar-refractivity contribution is 0.103. The van der Waals surface area contributed by atoms with E-state index < -0.39 is 0 Å². The molecule has 4 nitrogen and oxygen atoms in total. The molecule has 0 aliphatic heterocycles. The maximum Gasteiger partial charge on any atom is 0.196 e. The number of rotatable bonds is 4. The van der Waals surface area contributed by atoms with E-state index in [9.17, 15) is 15.0 Å². The van der Waals surface area contributed by atoms with E-state index in [2.05, 4.69) is 6.58 Å². The topological polar surface area (TPSA) is 66.8 Å². The van der Waals surface area contributed by atoms with E-state index in [-0.39, 0.29) is 22.8 Å². The summed E-state index contributed by atoms with van der Waals surface area (Å²) in [5, 5.41) is 18.8. The van der Waals surface area contributed by atoms with Crippen LogP contribution in [-0.4, -0.2) is 16.0 Å². The molecular formula is C15H12O4. The Kier molecular flexibility index (Phi) is 3.52. The second kappa shape index (κ2) is 5.27. The van der Waals surface area contributed by atoms with Crippen LogP contribution in [0.4, 0.5) is 0 Å². The Morgan fingerprint density at radius 3 is 2.37 bits per heavy atom. The molecule has 0 aromatic heterocycles. The Balaban J connectivity index is 2.30. The summed E-state index contributed by atoms with van der Waals surface area (Å²) in [7, 11) is 0. The molecule has 0 unspecified atom stereocenters. The van der Waals surface area contributed by atoms with Crippen LogP contribution in [0.25, 0.3) is 0 Å². The number of carbonyl (C=O) groups is 1. The first kappa shape index (κ1) is 12.7. The Labute approximate surface area is 110 Å². The highest BCUT2D eigenvalue weighted by Crippen LogP contribution is 2.25. The molecule has 0 atom stereocenters. The van der Waals surface area contributed by atoms with Crippen LogP contribution in [0.5, 0.6) is 17.2 Å². The number of aromatic hydroxyl groups is 2. The SMILES string of the molecule is C=COc1ccc(C(=O)c2ccc(O)cc2O)cc1. The highest BCUT2D eigenvalue weighted by Gasteiger charge is 2.13. The van der Waals surface area contributed by atoms with Gasteiger partial charge in [0.1, 0.15) is 17.2 Å². The van der Waals surface area contributed by atoms with Crippen LogP contribution in [0, 0.1) is 0 Å². The summed E-state index contributed by atoms with van der Waals surface area (Å²) in [6.07, 6.45) is 1.29. The second-order valence-electron chi connectivity index (χ2n) is 3.84. The Hall–Kier alpha value is -2.75. The molecule has 2 aromatic rings. The van der Waals surface area contributed by atoms with Crippen LogP contribution in [0.1, 0.15) is 15.9 Å². The minimum Gasteiger partial charge on any atom is -0.508 e. The summed E-state index contributed by atoms with van der Waals surface area (Å²) in [5.41, 5.74) is 0.549. The van der Waals surface area contributed by atoms with Gasteiger partial charge in [0.05, 0.1) is 11.8 Å². The van der Waals surface area contributed by atoms with E-state index in [1.807, 2.05) is 0 Å². The van der Waals surface area contributed by atoms with Gasteiger partial charge in [0.25, 0.3) is 0 Å². The van der Waals surface area contributed by atoms with Gasteiger partial charge in [-0.25, -0.2) is 0 Å². The van der Waals surface area contributed by atoms with Crippen molar-refractivity contribution < 1.29 is 19.7 Å². The monoisotopic (exact) mass is 256 g/mol. The van der Waals surface area contributed by atoms with Gasteiger partial charge >= 0.3 is 0 Å². The zero-order chi connectivity index (χ0) is 13.8. The molecule has 2 aromatic carbocycles. The third-order valence-corrected chi connectivity index (χ3v) is 2.56. The molecule has 0 saturated heterocycles. The fourth-order valence-corrected chi connectivity index (χ4v) is 1.65. The molecule has 0 spiro atoms. The molecule has 2 rings (SSSR count). The third-order valence-electron chi connectivity index (χ3n) is 2.56. The van der Waals surface area contributed by atoms with Gasteiger partial charge in [0, 0.05) is 11.6 Å². The number of hydrogen-bond acceptors (Lipinski definition) is 4. The van der Waals surface area contributed by atoms with Crippen molar-refractivity contribution in [2.75, 3.05) is 0 Å². The zero-order valence-corrected chi connectivity index (χ0v) is 10.0. The van der Waals surface area contributed by atoms with E-state index in [0.717, 1.165) is 6.07 Å². The molecule has 0 fully saturated rings. The van der Waals surface area contributed by atoms with Crippen LogP contribution in [-0.2, 0) is 0 Å². The molecule has 0 amide bonds. The average Bonchev–Trinajstić information content (AvgIpc) is 2.39. The zero-order valence-electron chi connectivity index (χ0n) is 10.0. The third kappa shape index (κ3) is 2.74. The van der Waals surface area contributed by atoms with E-state index >= 15 is 0 Å². The maximum absolute atomic E-state index is 12.1. The minimum atomic E-state index is -0.331. The lowest BCUT2D eigenvalue weighted by Crippen LogP contribution is -2.01. The fourth-order valence-electron chi connectivity index (χ4n) is 1.65. The van der Waals surface area contributed by atoms with E-state index in [0.29, 0.717) is 11.3 Å². The second-order valence-corrected chi connectivity index (χ2v) is 3.84. The predicted octanol–water partition coefficient (Wildman–Crippen LogP) is 2.85. The Bertz CT molecular complexity index is 615. The van der Waals surface area contributed by atoms with Gasteiger partial charge in [-0.2, -0.15) is 0 Å². The summed E-state index contributed by atoms with van der Waals surface area (Å²) in [6, 6.07) is 10.3. The average molecular weight is 256 g/mol. The highest BCUT2D eigenvalue weighted by atomic mass is 16.5. The minimum absolute atomic E-state index is 0.0937. The summed E-state index contributed by atoms with van der Waals surface area (Å²) in [4.78, 5) is 12.1. The number of carbonyl (C=O) groups excluding carboxylic acids is 1. The first-order chi connectivity index (χ1) is 9.11. The maximum atomic E-state index is 12.1. The molecule has 0 heterocycles. The van der Waals surface area contributed by atoms with Crippen molar-refractivity contribution in [3.05, 3.63) is 66.4 Å². The molecule has 0 bridgehead atoms. The van der Waals surface area contributed by atoms with Gasteiger partial charge in [-0.05, 0) is 36.4 Å². The summed E-state index contributed by atoms with van der Waals surface area (Å²) < 4.78 is 5.06. The fraction of sp³-hybridized carbons (Fsp3) is 0. The van der Waals surface area contributed by atoms with Gasteiger partial charge in [-0.1, -0.05) is 6.58 Å². The number of ketones is 1. The van der Waals surface area contributed by atoms with E-state index in [1.165, 1.54) is 18.4 Å². The Morgan fingerprint density at radius 2 is 1.79 bits per heavy atom. The molecule has 2 N–H and O–H groups in total. The molecular weight excluding hydrogens is 244 g/mol. The largest absolute Gasteiger partial charge is 0.508 e. The van der Waals surface area contributed by atoms with Crippen molar-refractivity contribution in [2.24, 2.45) is 0 Å². The van der Waals surface area contributed by atoms with Gasteiger partial charge < -0.3 is 14.9 Å². The lowest BCUT2D eigenvalue weighted by atomic mass is 10.0. The Morgan fingerprint density at radius 1 is 1.11 bits per heavy atom. The quantitative estimate of drug-likeness (QED) is 0.652. The van der Waals surface area contributed by atoms with Gasteiger partial charge in [0.15, 0.2) is 5.78 Å². The van der Waals surface area contributed by atoms with E-state index in [1.54, 1.807) is 24.3 Å². The van der Waals surface area contributed by atoms with Crippen LogP contribution in [0.15, 0.2) is 55.3 Å². The van der Waals surface area contributed by atoms with Gasteiger partial charge in [-0.15, -0.1) is 0 Å². The van der Waals surface area contributed by atoms with Gasteiger partial charge in [0.2, 0.25) is 0 Å². The lowest BCUT2D eigenvalue weighted by Gasteiger charge is -2.05. The molecule has 0 saturated carbocycles.